The first-order valence-corrected chi connectivity index (χ1v) is 6.84. The van der Waals surface area contributed by atoms with Crippen molar-refractivity contribution in [1.29, 1.82) is 0 Å². The van der Waals surface area contributed by atoms with Gasteiger partial charge in [-0.15, -0.1) is 10.2 Å². The zero-order chi connectivity index (χ0) is 13.1. The predicted molar refractivity (Wildman–Crippen MR) is 74.1 cm³/mol. The van der Waals surface area contributed by atoms with Crippen molar-refractivity contribution in [2.75, 3.05) is 7.05 Å². The predicted octanol–water partition coefficient (Wildman–Crippen LogP) is 3.23. The van der Waals surface area contributed by atoms with E-state index in [1.54, 1.807) is 18.2 Å². The molecule has 0 saturated carbocycles. The molecule has 0 bridgehead atoms. The molecule has 2 aromatic rings. The number of aromatic nitrogens is 2. The van der Waals surface area contributed by atoms with Crippen LogP contribution < -0.4 is 5.32 Å². The van der Waals surface area contributed by atoms with Gasteiger partial charge >= 0.3 is 0 Å². The topological polar surface area (TPSA) is 58.0 Å². The number of nitrogens with zero attached hydrogens (tertiary/aromatic N) is 2. The molecule has 0 radical (unpaired) electrons. The first-order chi connectivity index (χ1) is 8.65. The van der Waals surface area contributed by atoms with Gasteiger partial charge in [0, 0.05) is 5.56 Å². The molecule has 0 saturated heterocycles. The quantitative estimate of drug-likeness (QED) is 0.904. The third-order valence-electron chi connectivity index (χ3n) is 2.68. The van der Waals surface area contributed by atoms with Crippen LogP contribution in [0.25, 0.3) is 10.6 Å². The van der Waals surface area contributed by atoms with Crippen molar-refractivity contribution in [2.24, 2.45) is 0 Å². The van der Waals surface area contributed by atoms with Crippen molar-refractivity contribution in [2.45, 2.75) is 19.4 Å². The summed E-state index contributed by atoms with van der Waals surface area (Å²) in [4.78, 5) is 0. The molecule has 0 amide bonds. The minimum absolute atomic E-state index is 0.173. The molecule has 4 nitrogen and oxygen atoms in total. The summed E-state index contributed by atoms with van der Waals surface area (Å²) >= 11 is 7.59. The maximum atomic E-state index is 9.49. The van der Waals surface area contributed by atoms with E-state index in [2.05, 4.69) is 22.4 Å². The van der Waals surface area contributed by atoms with Crippen LogP contribution in [0.15, 0.2) is 18.2 Å². The highest BCUT2D eigenvalue weighted by atomic mass is 35.5. The highest BCUT2D eigenvalue weighted by molar-refractivity contribution is 7.14. The Labute approximate surface area is 115 Å². The molecule has 1 heterocycles. The van der Waals surface area contributed by atoms with Gasteiger partial charge in [-0.1, -0.05) is 29.9 Å². The highest BCUT2D eigenvalue weighted by Gasteiger charge is 2.15. The molecule has 96 valence electrons. The molecule has 2 N–H and O–H groups in total. The average Bonchev–Trinajstić information content (AvgIpc) is 2.83. The number of aromatic hydroxyl groups is 1. The third kappa shape index (κ3) is 2.63. The maximum absolute atomic E-state index is 9.49. The van der Waals surface area contributed by atoms with E-state index in [4.69, 9.17) is 11.6 Å². The van der Waals surface area contributed by atoms with Gasteiger partial charge in [-0.05, 0) is 31.7 Å². The second-order valence-corrected chi connectivity index (χ2v) is 5.28. The van der Waals surface area contributed by atoms with Crippen molar-refractivity contribution >= 4 is 22.9 Å². The van der Waals surface area contributed by atoms with E-state index in [1.807, 2.05) is 7.05 Å². The zero-order valence-electron chi connectivity index (χ0n) is 10.1. The Balaban J connectivity index is 2.37. The van der Waals surface area contributed by atoms with Gasteiger partial charge in [0.1, 0.15) is 15.8 Å². The van der Waals surface area contributed by atoms with E-state index < -0.39 is 0 Å². The van der Waals surface area contributed by atoms with E-state index in [-0.39, 0.29) is 11.8 Å². The molecule has 18 heavy (non-hydrogen) atoms. The summed E-state index contributed by atoms with van der Waals surface area (Å²) in [5.74, 6) is 0.173. The van der Waals surface area contributed by atoms with Gasteiger partial charge < -0.3 is 10.4 Å². The second kappa shape index (κ2) is 5.65. The summed E-state index contributed by atoms with van der Waals surface area (Å²) in [6, 6.07) is 5.01. The van der Waals surface area contributed by atoms with Crippen LogP contribution >= 0.6 is 22.9 Å². The third-order valence-corrected chi connectivity index (χ3v) is 4.08. The van der Waals surface area contributed by atoms with Gasteiger partial charge in [0.25, 0.3) is 0 Å². The number of benzene rings is 1. The molecule has 0 fully saturated rings. The Kier molecular flexibility index (Phi) is 4.16. The molecular weight excluding hydrogens is 270 g/mol. The minimum atomic E-state index is 0.173. The van der Waals surface area contributed by atoms with Crippen LogP contribution in [0, 0.1) is 0 Å². The maximum Gasteiger partial charge on any atom is 0.149 e. The SMILES string of the molecule is CCC(NC)c1nnc(-c2cc(O)ccc2Cl)s1. The van der Waals surface area contributed by atoms with E-state index in [9.17, 15) is 5.11 Å². The summed E-state index contributed by atoms with van der Waals surface area (Å²) in [6.45, 7) is 2.09. The molecule has 0 aliphatic rings. The first-order valence-electron chi connectivity index (χ1n) is 5.65. The number of phenolic OH excluding ortho intramolecular Hbond substituents is 1. The van der Waals surface area contributed by atoms with Gasteiger partial charge in [-0.2, -0.15) is 0 Å². The van der Waals surface area contributed by atoms with Gasteiger partial charge in [0.15, 0.2) is 0 Å². The van der Waals surface area contributed by atoms with Crippen LogP contribution in [0.4, 0.5) is 0 Å². The van der Waals surface area contributed by atoms with E-state index in [0.717, 1.165) is 16.4 Å². The molecule has 0 aliphatic carbocycles. The van der Waals surface area contributed by atoms with Gasteiger partial charge in [0.05, 0.1) is 11.1 Å². The summed E-state index contributed by atoms with van der Waals surface area (Å²) in [6.07, 6.45) is 0.943. The molecule has 0 aliphatic heterocycles. The number of hydrogen-bond donors (Lipinski definition) is 2. The summed E-state index contributed by atoms with van der Waals surface area (Å²) < 4.78 is 0. The van der Waals surface area contributed by atoms with Crippen molar-refractivity contribution in [1.82, 2.24) is 15.5 Å². The number of phenols is 1. The standard InChI is InChI=1S/C12H14ClN3OS/c1-3-10(14-2)12-16-15-11(18-12)8-6-7(17)4-5-9(8)13/h4-6,10,14,17H,3H2,1-2H3. The molecule has 6 heteroatoms. The Morgan fingerprint density at radius 3 is 2.89 bits per heavy atom. The van der Waals surface area contributed by atoms with Crippen LogP contribution in [0.2, 0.25) is 5.02 Å². The smallest absolute Gasteiger partial charge is 0.149 e. The summed E-state index contributed by atoms with van der Waals surface area (Å²) in [5.41, 5.74) is 0.714. The van der Waals surface area contributed by atoms with Crippen LogP contribution in [-0.4, -0.2) is 22.4 Å². The Hall–Kier alpha value is -1.17. The highest BCUT2D eigenvalue weighted by Crippen LogP contribution is 2.34. The van der Waals surface area contributed by atoms with Crippen LogP contribution in [0.1, 0.15) is 24.4 Å². The largest absolute Gasteiger partial charge is 0.508 e. The molecular formula is C12H14ClN3OS. The van der Waals surface area contributed by atoms with E-state index in [0.29, 0.717) is 10.6 Å². The number of nitrogens with one attached hydrogen (secondary N) is 1. The van der Waals surface area contributed by atoms with Crippen LogP contribution in [0.5, 0.6) is 5.75 Å². The van der Waals surface area contributed by atoms with E-state index >= 15 is 0 Å². The Bertz CT molecular complexity index is 540. The zero-order valence-corrected chi connectivity index (χ0v) is 11.7. The molecule has 1 aromatic carbocycles. The molecule has 1 aromatic heterocycles. The lowest BCUT2D eigenvalue weighted by atomic mass is 10.2. The summed E-state index contributed by atoms with van der Waals surface area (Å²) in [7, 11) is 1.90. The second-order valence-electron chi connectivity index (χ2n) is 3.86. The first kappa shape index (κ1) is 13.3. The van der Waals surface area contributed by atoms with Gasteiger partial charge in [0.2, 0.25) is 0 Å². The Morgan fingerprint density at radius 1 is 1.44 bits per heavy atom. The summed E-state index contributed by atoms with van der Waals surface area (Å²) in [5, 5.41) is 23.2. The lowest BCUT2D eigenvalue weighted by Crippen LogP contribution is -2.14. The lowest BCUT2D eigenvalue weighted by Gasteiger charge is -2.08. The fraction of sp³-hybridized carbons (Fsp3) is 0.333. The van der Waals surface area contributed by atoms with Crippen LogP contribution in [0.3, 0.4) is 0 Å². The lowest BCUT2D eigenvalue weighted by molar-refractivity contribution is 0.475. The van der Waals surface area contributed by atoms with Crippen LogP contribution in [-0.2, 0) is 0 Å². The normalized spacial score (nSPS) is 12.6. The van der Waals surface area contributed by atoms with Crippen molar-refractivity contribution in [3.8, 4) is 16.3 Å². The molecule has 1 atom stereocenters. The fourth-order valence-corrected chi connectivity index (χ4v) is 2.99. The molecule has 2 rings (SSSR count). The van der Waals surface area contributed by atoms with Crippen molar-refractivity contribution in [3.05, 3.63) is 28.2 Å². The average molecular weight is 284 g/mol. The van der Waals surface area contributed by atoms with E-state index in [1.165, 1.54) is 11.3 Å². The van der Waals surface area contributed by atoms with Crippen molar-refractivity contribution < 1.29 is 5.11 Å². The molecule has 0 spiro atoms. The fourth-order valence-electron chi connectivity index (χ4n) is 1.66. The van der Waals surface area contributed by atoms with Gasteiger partial charge in [-0.25, -0.2) is 0 Å². The molecule has 1 unspecified atom stereocenters. The van der Waals surface area contributed by atoms with Crippen molar-refractivity contribution in [3.63, 3.8) is 0 Å². The Morgan fingerprint density at radius 2 is 2.22 bits per heavy atom. The number of hydrogen-bond acceptors (Lipinski definition) is 5. The van der Waals surface area contributed by atoms with Gasteiger partial charge in [-0.3, -0.25) is 0 Å². The minimum Gasteiger partial charge on any atom is -0.508 e. The number of rotatable bonds is 4. The number of halogens is 1. The monoisotopic (exact) mass is 283 g/mol.